The third-order valence-corrected chi connectivity index (χ3v) is 4.69. The molecule has 31 heavy (non-hydrogen) atoms. The highest BCUT2D eigenvalue weighted by molar-refractivity contribution is 6.31. The van der Waals surface area contributed by atoms with Crippen molar-refractivity contribution in [3.8, 4) is 0 Å². The van der Waals surface area contributed by atoms with Gasteiger partial charge < -0.3 is 25.2 Å². The van der Waals surface area contributed by atoms with Crippen molar-refractivity contribution in [3.05, 3.63) is 70.7 Å². The molecule has 0 aromatic heterocycles. The number of methoxy groups -OCH3 is 1. The van der Waals surface area contributed by atoms with E-state index in [4.69, 9.17) is 21.1 Å². The van der Waals surface area contributed by atoms with Gasteiger partial charge in [0, 0.05) is 18.0 Å². The Hall–Kier alpha value is -3.10. The Bertz CT molecular complexity index is 877. The number of hydrogen-bond donors (Lipinski definition) is 3. The van der Waals surface area contributed by atoms with E-state index in [0.717, 1.165) is 5.56 Å². The maximum atomic E-state index is 12.3. The van der Waals surface area contributed by atoms with Crippen LogP contribution in [0.15, 0.2) is 54.6 Å². The lowest BCUT2D eigenvalue weighted by Gasteiger charge is -2.18. The second-order valence-corrected chi connectivity index (χ2v) is 7.15. The van der Waals surface area contributed by atoms with Crippen molar-refractivity contribution in [2.45, 2.75) is 31.6 Å². The first-order valence-electron chi connectivity index (χ1n) is 9.62. The zero-order valence-corrected chi connectivity index (χ0v) is 17.8. The van der Waals surface area contributed by atoms with E-state index >= 15 is 0 Å². The van der Waals surface area contributed by atoms with E-state index in [1.165, 1.54) is 7.11 Å². The number of carbonyl (C=O) groups is 3. The number of aliphatic hydroxyl groups is 1. The van der Waals surface area contributed by atoms with Crippen LogP contribution in [0.1, 0.15) is 17.5 Å². The number of benzene rings is 2. The Morgan fingerprint density at radius 3 is 2.42 bits per heavy atom. The van der Waals surface area contributed by atoms with Gasteiger partial charge in [-0.1, -0.05) is 60.1 Å². The van der Waals surface area contributed by atoms with Crippen molar-refractivity contribution >= 4 is 29.6 Å². The second-order valence-electron chi connectivity index (χ2n) is 6.74. The minimum absolute atomic E-state index is 0.0894. The highest BCUT2D eigenvalue weighted by Gasteiger charge is 2.24. The van der Waals surface area contributed by atoms with E-state index in [1.54, 1.807) is 24.3 Å². The summed E-state index contributed by atoms with van der Waals surface area (Å²) >= 11 is 6.12. The van der Waals surface area contributed by atoms with Crippen LogP contribution in [0.5, 0.6) is 0 Å². The van der Waals surface area contributed by atoms with Gasteiger partial charge in [0.25, 0.3) is 0 Å². The number of alkyl carbamates (subject to hydrolysis) is 1. The standard InChI is InChI=1S/C22H25ClN2O6/c1-30-21(28)19(11-16-9-5-6-10-18(16)23)25-20(27)12-17(26)13-24-22(29)31-14-15-7-3-2-4-8-15/h2-10,17,19,26H,11-14H2,1H3,(H,24,29)(H,25,27)/t17-,19+/m1/s1. The van der Waals surface area contributed by atoms with Gasteiger partial charge in [-0.05, 0) is 17.2 Å². The molecule has 2 amide bonds. The van der Waals surface area contributed by atoms with Gasteiger partial charge >= 0.3 is 12.1 Å². The highest BCUT2D eigenvalue weighted by Crippen LogP contribution is 2.17. The van der Waals surface area contributed by atoms with Crippen LogP contribution in [0, 0.1) is 0 Å². The fourth-order valence-electron chi connectivity index (χ4n) is 2.73. The minimum atomic E-state index is -1.16. The third kappa shape index (κ3) is 8.65. The molecule has 0 radical (unpaired) electrons. The summed E-state index contributed by atoms with van der Waals surface area (Å²) in [5, 5.41) is 15.4. The molecule has 0 spiro atoms. The number of ether oxygens (including phenoxy) is 2. The number of amides is 2. The summed E-state index contributed by atoms with van der Waals surface area (Å²) in [6.45, 7) is -0.0967. The smallest absolute Gasteiger partial charge is 0.407 e. The lowest BCUT2D eigenvalue weighted by Crippen LogP contribution is -2.45. The summed E-state index contributed by atoms with van der Waals surface area (Å²) < 4.78 is 9.78. The number of nitrogens with one attached hydrogen (secondary N) is 2. The molecule has 2 aromatic carbocycles. The van der Waals surface area contributed by atoms with Gasteiger partial charge in [0.15, 0.2) is 0 Å². The van der Waals surface area contributed by atoms with Crippen LogP contribution in [0.2, 0.25) is 5.02 Å². The number of hydrogen-bond acceptors (Lipinski definition) is 6. The molecule has 3 N–H and O–H groups in total. The molecular weight excluding hydrogens is 424 g/mol. The van der Waals surface area contributed by atoms with Gasteiger partial charge in [-0.3, -0.25) is 4.79 Å². The topological polar surface area (TPSA) is 114 Å². The van der Waals surface area contributed by atoms with Crippen molar-refractivity contribution in [3.63, 3.8) is 0 Å². The molecule has 0 aliphatic heterocycles. The molecule has 0 aliphatic rings. The first-order chi connectivity index (χ1) is 14.9. The van der Waals surface area contributed by atoms with E-state index in [0.29, 0.717) is 10.6 Å². The van der Waals surface area contributed by atoms with Gasteiger partial charge in [0.05, 0.1) is 19.6 Å². The molecule has 0 unspecified atom stereocenters. The first-order valence-corrected chi connectivity index (χ1v) is 10.00. The molecule has 0 saturated carbocycles. The van der Waals surface area contributed by atoms with E-state index < -0.39 is 30.1 Å². The molecule has 2 rings (SSSR count). The fourth-order valence-corrected chi connectivity index (χ4v) is 2.95. The fraction of sp³-hybridized carbons (Fsp3) is 0.318. The molecule has 2 atom stereocenters. The Kier molecular flexibility index (Phi) is 9.80. The molecule has 166 valence electrons. The summed E-state index contributed by atoms with van der Waals surface area (Å²) in [4.78, 5) is 36.0. The molecule has 9 heteroatoms. The zero-order chi connectivity index (χ0) is 22.6. The quantitative estimate of drug-likeness (QED) is 0.480. The monoisotopic (exact) mass is 448 g/mol. The van der Waals surface area contributed by atoms with Gasteiger partial charge in [-0.15, -0.1) is 0 Å². The molecule has 0 aliphatic carbocycles. The summed E-state index contributed by atoms with van der Waals surface area (Å²) in [6.07, 6.45) is -2.06. The van der Waals surface area contributed by atoms with Gasteiger partial charge in [0.2, 0.25) is 5.91 Å². The van der Waals surface area contributed by atoms with E-state index in [2.05, 4.69) is 10.6 Å². The number of rotatable bonds is 10. The molecule has 8 nitrogen and oxygen atoms in total. The highest BCUT2D eigenvalue weighted by atomic mass is 35.5. The Balaban J connectivity index is 1.78. The van der Waals surface area contributed by atoms with E-state index in [-0.39, 0.29) is 26.0 Å². The number of carbonyl (C=O) groups excluding carboxylic acids is 3. The van der Waals surface area contributed by atoms with Crippen LogP contribution in [-0.4, -0.2) is 48.9 Å². The number of aliphatic hydroxyl groups excluding tert-OH is 1. The van der Waals surface area contributed by atoms with Crippen molar-refractivity contribution in [1.82, 2.24) is 10.6 Å². The van der Waals surface area contributed by atoms with Crippen LogP contribution in [0.25, 0.3) is 0 Å². The average Bonchev–Trinajstić information content (AvgIpc) is 2.77. The zero-order valence-electron chi connectivity index (χ0n) is 17.0. The van der Waals surface area contributed by atoms with Crippen molar-refractivity contribution in [2.24, 2.45) is 0 Å². The van der Waals surface area contributed by atoms with Crippen LogP contribution >= 0.6 is 11.6 Å². The van der Waals surface area contributed by atoms with Gasteiger partial charge in [0.1, 0.15) is 12.6 Å². The Morgan fingerprint density at radius 2 is 1.74 bits per heavy atom. The summed E-state index contributed by atoms with van der Waals surface area (Å²) in [7, 11) is 1.22. The lowest BCUT2D eigenvalue weighted by atomic mass is 10.1. The minimum Gasteiger partial charge on any atom is -0.467 e. The predicted molar refractivity (Wildman–Crippen MR) is 114 cm³/mol. The Labute approximate surface area is 185 Å². The van der Waals surface area contributed by atoms with E-state index in [1.807, 2.05) is 30.3 Å². The molecule has 0 bridgehead atoms. The van der Waals surface area contributed by atoms with Crippen LogP contribution in [0.3, 0.4) is 0 Å². The second kappa shape index (κ2) is 12.6. The summed E-state index contributed by atoms with van der Waals surface area (Å²) in [5.41, 5.74) is 1.49. The van der Waals surface area contributed by atoms with Crippen LogP contribution in [-0.2, 0) is 32.1 Å². The van der Waals surface area contributed by atoms with Crippen LogP contribution < -0.4 is 10.6 Å². The largest absolute Gasteiger partial charge is 0.467 e. The number of esters is 1. The van der Waals surface area contributed by atoms with Crippen molar-refractivity contribution in [1.29, 1.82) is 0 Å². The van der Waals surface area contributed by atoms with Crippen molar-refractivity contribution < 1.29 is 29.0 Å². The van der Waals surface area contributed by atoms with Crippen LogP contribution in [0.4, 0.5) is 4.79 Å². The van der Waals surface area contributed by atoms with E-state index in [9.17, 15) is 19.5 Å². The number of halogens is 1. The third-order valence-electron chi connectivity index (χ3n) is 4.32. The van der Waals surface area contributed by atoms with Gasteiger partial charge in [-0.2, -0.15) is 0 Å². The maximum Gasteiger partial charge on any atom is 0.407 e. The maximum absolute atomic E-state index is 12.3. The SMILES string of the molecule is COC(=O)[C@H](Cc1ccccc1Cl)NC(=O)C[C@@H](O)CNC(=O)OCc1ccccc1. The first kappa shape index (κ1) is 24.2. The Morgan fingerprint density at radius 1 is 1.06 bits per heavy atom. The van der Waals surface area contributed by atoms with Gasteiger partial charge in [-0.25, -0.2) is 9.59 Å². The molecular formula is C22H25ClN2O6. The molecule has 2 aromatic rings. The molecule has 0 saturated heterocycles. The predicted octanol–water partition coefficient (Wildman–Crippen LogP) is 2.22. The molecule has 0 fully saturated rings. The normalized spacial score (nSPS) is 12.4. The average molecular weight is 449 g/mol. The summed E-state index contributed by atoms with van der Waals surface area (Å²) in [6, 6.07) is 15.1. The lowest BCUT2D eigenvalue weighted by molar-refractivity contribution is -0.145. The summed E-state index contributed by atoms with van der Waals surface area (Å²) in [5.74, 6) is -1.21. The van der Waals surface area contributed by atoms with Crippen molar-refractivity contribution in [2.75, 3.05) is 13.7 Å². The molecule has 0 heterocycles.